The van der Waals surface area contributed by atoms with E-state index in [-0.39, 0.29) is 27.2 Å². The Bertz CT molecular complexity index is 654. The minimum atomic E-state index is -0.659. The van der Waals surface area contributed by atoms with E-state index in [0.29, 0.717) is 30.7 Å². The minimum absolute atomic E-state index is 0.0906. The number of carbonyl (C=O) groups is 1. The molecule has 31 heavy (non-hydrogen) atoms. The fraction of sp³-hybridized carbons (Fsp3) is 0.957. The zero-order valence-electron chi connectivity index (χ0n) is 18.3. The average molecular weight is 506 g/mol. The zero-order chi connectivity index (χ0) is 22.2. The molecule has 4 rings (SSSR count). The molecule has 0 aromatic carbocycles. The second kappa shape index (κ2) is 10.2. The molecule has 4 aliphatic rings. The second-order valence-electron chi connectivity index (χ2n) is 10.5. The van der Waals surface area contributed by atoms with Gasteiger partial charge < -0.3 is 15.5 Å². The summed E-state index contributed by atoms with van der Waals surface area (Å²) in [6, 6.07) is 0. The summed E-state index contributed by atoms with van der Waals surface area (Å²) >= 11 is 14.6. The lowest BCUT2D eigenvalue weighted by molar-refractivity contribution is -0.154. The third kappa shape index (κ3) is 4.56. The highest BCUT2D eigenvalue weighted by molar-refractivity contribution is 8.68. The normalized spacial score (nSPS) is 46.7. The highest BCUT2D eigenvalue weighted by Crippen LogP contribution is 2.65. The van der Waals surface area contributed by atoms with Gasteiger partial charge in [-0.15, -0.1) is 11.7 Å². The maximum absolute atomic E-state index is 12.1. The van der Waals surface area contributed by atoms with Gasteiger partial charge in [0.15, 0.2) is 0 Å². The smallest absolute Gasteiger partial charge is 0.220 e. The topological polar surface area (TPSA) is 69.6 Å². The molecular weight excluding hydrogens is 467 g/mol. The van der Waals surface area contributed by atoms with Crippen LogP contribution in [0.1, 0.15) is 70.6 Å². The van der Waals surface area contributed by atoms with Gasteiger partial charge in [0.25, 0.3) is 0 Å². The number of aliphatic hydroxyl groups is 2. The van der Waals surface area contributed by atoms with E-state index in [1.807, 2.05) is 0 Å². The van der Waals surface area contributed by atoms with Gasteiger partial charge in [-0.25, -0.2) is 0 Å². The molecule has 4 saturated carbocycles. The summed E-state index contributed by atoms with van der Waals surface area (Å²) in [5, 5.41) is 25.3. The molecule has 0 aliphatic heterocycles. The van der Waals surface area contributed by atoms with Crippen LogP contribution in [0.3, 0.4) is 0 Å². The van der Waals surface area contributed by atoms with Crippen LogP contribution in [0.4, 0.5) is 0 Å². The van der Waals surface area contributed by atoms with Gasteiger partial charge in [0, 0.05) is 34.1 Å². The Morgan fingerprint density at radius 1 is 0.968 bits per heavy atom. The van der Waals surface area contributed by atoms with Crippen molar-refractivity contribution in [3.63, 3.8) is 0 Å². The van der Waals surface area contributed by atoms with E-state index in [0.717, 1.165) is 63.5 Å². The van der Waals surface area contributed by atoms with E-state index < -0.39 is 12.2 Å². The van der Waals surface area contributed by atoms with Crippen LogP contribution in [0.5, 0.6) is 0 Å². The zero-order valence-corrected chi connectivity index (χ0v) is 21.8. The summed E-state index contributed by atoms with van der Waals surface area (Å²) in [6.07, 6.45) is 9.81. The van der Waals surface area contributed by atoms with E-state index in [1.165, 1.54) is 17.2 Å². The van der Waals surface area contributed by atoms with Crippen molar-refractivity contribution in [2.24, 2.45) is 29.6 Å². The number of amides is 1. The van der Waals surface area contributed by atoms with E-state index in [1.54, 1.807) is 0 Å². The molecule has 4 nitrogen and oxygen atoms in total. The molecule has 8 heteroatoms. The van der Waals surface area contributed by atoms with Crippen molar-refractivity contribution in [2.45, 2.75) is 92.3 Å². The predicted octanol–water partition coefficient (Wildman–Crippen LogP) is 4.17. The Balaban J connectivity index is 1.41. The number of rotatable bonds is 7. The summed E-state index contributed by atoms with van der Waals surface area (Å²) in [4.78, 5) is 12.1. The van der Waals surface area contributed by atoms with Crippen LogP contribution in [-0.2, 0) is 4.79 Å². The van der Waals surface area contributed by atoms with Crippen molar-refractivity contribution in [3.05, 3.63) is 0 Å². The summed E-state index contributed by atoms with van der Waals surface area (Å²) in [5.74, 6) is 2.34. The second-order valence-corrected chi connectivity index (χ2v) is 13.6. The molecule has 0 aromatic rings. The molecule has 4 fully saturated rings. The number of hydrogen-bond acceptors (Lipinski definition) is 7. The summed E-state index contributed by atoms with van der Waals surface area (Å²) < 4.78 is -0.231. The Hall–Kier alpha value is 0.790. The lowest BCUT2D eigenvalue weighted by Crippen LogP contribution is -2.66. The summed E-state index contributed by atoms with van der Waals surface area (Å²) in [5.41, 5.74) is 0. The van der Waals surface area contributed by atoms with Crippen molar-refractivity contribution < 1.29 is 15.0 Å². The first-order chi connectivity index (χ1) is 14.8. The van der Waals surface area contributed by atoms with E-state index in [4.69, 9.17) is 25.3 Å². The van der Waals surface area contributed by atoms with Crippen molar-refractivity contribution >= 4 is 53.6 Å². The van der Waals surface area contributed by atoms with Gasteiger partial charge in [-0.05, 0) is 75.0 Å². The lowest BCUT2D eigenvalue weighted by Gasteiger charge is -2.62. The van der Waals surface area contributed by atoms with Crippen molar-refractivity contribution in [2.75, 3.05) is 12.3 Å². The largest absolute Gasteiger partial charge is 0.390 e. The number of aliphatic hydroxyl groups excluding tert-OH is 2. The molecule has 178 valence electrons. The fourth-order valence-corrected chi connectivity index (χ4v) is 9.74. The van der Waals surface area contributed by atoms with Crippen LogP contribution in [0.15, 0.2) is 0 Å². The van der Waals surface area contributed by atoms with Crippen LogP contribution in [0.25, 0.3) is 0 Å². The van der Waals surface area contributed by atoms with E-state index in [2.05, 4.69) is 17.0 Å². The fourth-order valence-electron chi connectivity index (χ4n) is 7.85. The molecule has 0 radical (unpaired) electrons. The van der Waals surface area contributed by atoms with Gasteiger partial charge >= 0.3 is 0 Å². The third-order valence-electron chi connectivity index (χ3n) is 9.22. The van der Waals surface area contributed by atoms with Crippen LogP contribution in [0, 0.1) is 29.6 Å². The Morgan fingerprint density at radius 3 is 2.52 bits per heavy atom. The van der Waals surface area contributed by atoms with Gasteiger partial charge in [0.05, 0.1) is 12.2 Å². The van der Waals surface area contributed by atoms with Crippen LogP contribution >= 0.6 is 47.7 Å². The molecular formula is C23H39NO3S4. The summed E-state index contributed by atoms with van der Waals surface area (Å²) in [6.45, 7) is 0.671. The van der Waals surface area contributed by atoms with Gasteiger partial charge in [-0.3, -0.25) is 4.79 Å². The molecule has 0 saturated heterocycles. The minimum Gasteiger partial charge on any atom is -0.390 e. The number of carbonyl (C=O) groups excluding carboxylic acids is 1. The van der Waals surface area contributed by atoms with Gasteiger partial charge in [0.1, 0.15) is 0 Å². The standard InChI is InChI=1S/C23H39NO3S4/c25-18(24-12-13-31-30)6-3-4-14-7-8-15-19-16(9-11-22(14,15)28)23(29)10-2-1-5-17(23)20(26)21(19)27/h14-17,19-21,26-30H,1-13H2,(H,24,25). The number of fused-ring (bicyclic) bond motifs is 5. The van der Waals surface area contributed by atoms with Crippen molar-refractivity contribution in [1.82, 2.24) is 5.32 Å². The number of thiol groups is 3. The maximum Gasteiger partial charge on any atom is 0.220 e. The highest BCUT2D eigenvalue weighted by Gasteiger charge is 2.65. The number of hydrogen-bond donors (Lipinski definition) is 6. The monoisotopic (exact) mass is 505 g/mol. The molecule has 4 aliphatic carbocycles. The number of nitrogens with one attached hydrogen (secondary N) is 1. The Morgan fingerprint density at radius 2 is 1.74 bits per heavy atom. The quantitative estimate of drug-likeness (QED) is 0.179. The van der Waals surface area contributed by atoms with Crippen LogP contribution < -0.4 is 5.32 Å². The van der Waals surface area contributed by atoms with E-state index in [9.17, 15) is 15.0 Å². The Labute approximate surface area is 207 Å². The van der Waals surface area contributed by atoms with Gasteiger partial charge in [-0.2, -0.15) is 25.3 Å². The highest BCUT2D eigenvalue weighted by atomic mass is 33.1. The first kappa shape index (κ1) is 24.9. The van der Waals surface area contributed by atoms with Crippen LogP contribution in [0.2, 0.25) is 0 Å². The molecule has 9 unspecified atom stereocenters. The molecule has 0 bridgehead atoms. The van der Waals surface area contributed by atoms with Gasteiger partial charge in [0.2, 0.25) is 5.91 Å². The van der Waals surface area contributed by atoms with Crippen molar-refractivity contribution in [3.8, 4) is 0 Å². The molecule has 3 N–H and O–H groups in total. The molecule has 0 spiro atoms. The van der Waals surface area contributed by atoms with Gasteiger partial charge in [-0.1, -0.05) is 23.6 Å². The summed E-state index contributed by atoms with van der Waals surface area (Å²) in [7, 11) is 1.44. The molecule has 1 amide bonds. The first-order valence-corrected chi connectivity index (χ1v) is 15.1. The average Bonchev–Trinajstić information content (AvgIpc) is 3.08. The maximum atomic E-state index is 12.1. The molecule has 0 heterocycles. The predicted molar refractivity (Wildman–Crippen MR) is 138 cm³/mol. The van der Waals surface area contributed by atoms with Crippen molar-refractivity contribution in [1.29, 1.82) is 0 Å². The Kier molecular flexibility index (Phi) is 8.18. The van der Waals surface area contributed by atoms with Crippen LogP contribution in [-0.4, -0.2) is 50.1 Å². The molecule has 9 atom stereocenters. The SMILES string of the molecule is O=C(CCCC1CCC2C3C(O)C(O)C4CCCCC4(S)C3CCC12S)NCCSS. The lowest BCUT2D eigenvalue weighted by atomic mass is 9.51. The first-order valence-electron chi connectivity index (χ1n) is 12.2. The molecule has 0 aromatic heterocycles. The third-order valence-corrected chi connectivity index (χ3v) is 12.0. The van der Waals surface area contributed by atoms with E-state index >= 15 is 0 Å².